The zero-order chi connectivity index (χ0) is 16.7. The van der Waals surface area contributed by atoms with Crippen LogP contribution in [0.5, 0.6) is 0 Å². The smallest absolute Gasteiger partial charge is 0.269 e. The Balaban J connectivity index is 2.76. The molecule has 0 aromatic heterocycles. The summed E-state index contributed by atoms with van der Waals surface area (Å²) in [6.45, 7) is 1.63. The van der Waals surface area contributed by atoms with E-state index in [-0.39, 0.29) is 18.5 Å². The number of nitrogens with zero attached hydrogens (tertiary/aromatic N) is 2. The summed E-state index contributed by atoms with van der Waals surface area (Å²) >= 11 is 0. The summed E-state index contributed by atoms with van der Waals surface area (Å²) in [6.07, 6.45) is -0.0462. The van der Waals surface area contributed by atoms with Crippen molar-refractivity contribution in [1.29, 1.82) is 5.26 Å². The Hall–Kier alpha value is -2.95. The summed E-state index contributed by atoms with van der Waals surface area (Å²) in [5, 5.41) is 21.8. The van der Waals surface area contributed by atoms with Crippen LogP contribution in [0, 0.1) is 27.4 Å². The van der Waals surface area contributed by atoms with Gasteiger partial charge in [-0.2, -0.15) is 5.26 Å². The predicted octanol–water partition coefficient (Wildman–Crippen LogP) is 0.657. The molecule has 1 rings (SSSR count). The van der Waals surface area contributed by atoms with Gasteiger partial charge in [0.05, 0.1) is 17.4 Å². The second-order valence-corrected chi connectivity index (χ2v) is 4.89. The van der Waals surface area contributed by atoms with E-state index in [9.17, 15) is 19.7 Å². The summed E-state index contributed by atoms with van der Waals surface area (Å²) in [6, 6.07) is 6.62. The molecule has 0 radical (unpaired) electrons. The monoisotopic (exact) mass is 304 g/mol. The topological polar surface area (TPSA) is 139 Å². The van der Waals surface area contributed by atoms with Crippen LogP contribution in [0.3, 0.4) is 0 Å². The highest BCUT2D eigenvalue weighted by Crippen LogP contribution is 2.14. The first-order valence-electron chi connectivity index (χ1n) is 6.54. The number of nitro groups is 1. The Bertz CT molecular complexity index is 624. The Morgan fingerprint density at radius 3 is 2.73 bits per heavy atom. The van der Waals surface area contributed by atoms with Gasteiger partial charge in [-0.15, -0.1) is 0 Å². The summed E-state index contributed by atoms with van der Waals surface area (Å²) < 4.78 is 0. The molecule has 0 fully saturated rings. The van der Waals surface area contributed by atoms with Gasteiger partial charge in [0.1, 0.15) is 6.04 Å². The molecular formula is C14H16N4O4. The Morgan fingerprint density at radius 1 is 1.50 bits per heavy atom. The molecule has 0 aliphatic rings. The normalized spacial score (nSPS) is 12.7. The lowest BCUT2D eigenvalue weighted by Gasteiger charge is -2.20. The molecule has 0 spiro atoms. The maximum atomic E-state index is 11.9. The van der Waals surface area contributed by atoms with Crippen LogP contribution >= 0.6 is 0 Å². The number of benzene rings is 1. The minimum absolute atomic E-state index is 0.0741. The Morgan fingerprint density at radius 2 is 2.18 bits per heavy atom. The van der Waals surface area contributed by atoms with Crippen molar-refractivity contribution in [1.82, 2.24) is 5.32 Å². The maximum absolute atomic E-state index is 11.9. The molecule has 0 saturated carbocycles. The van der Waals surface area contributed by atoms with Crippen molar-refractivity contribution in [3.63, 3.8) is 0 Å². The number of nitro benzene ring substituents is 1. The van der Waals surface area contributed by atoms with Crippen LogP contribution in [0.4, 0.5) is 5.69 Å². The first-order chi connectivity index (χ1) is 10.3. The third kappa shape index (κ3) is 4.86. The lowest BCUT2D eigenvalue weighted by molar-refractivity contribution is -0.384. The summed E-state index contributed by atoms with van der Waals surface area (Å²) in [5.41, 5.74) is 5.55. The summed E-state index contributed by atoms with van der Waals surface area (Å²) in [4.78, 5) is 33.4. The minimum Gasteiger partial charge on any atom is -0.368 e. The van der Waals surface area contributed by atoms with Crippen molar-refractivity contribution in [2.75, 3.05) is 0 Å². The molecule has 116 valence electrons. The van der Waals surface area contributed by atoms with Crippen LogP contribution in [-0.4, -0.2) is 22.8 Å². The number of nitrogens with one attached hydrogen (secondary N) is 1. The van der Waals surface area contributed by atoms with Crippen LogP contribution in [0.1, 0.15) is 18.9 Å². The zero-order valence-corrected chi connectivity index (χ0v) is 12.0. The van der Waals surface area contributed by atoms with Gasteiger partial charge in [0.15, 0.2) is 0 Å². The van der Waals surface area contributed by atoms with Crippen LogP contribution in [0.2, 0.25) is 0 Å². The number of hydrogen-bond acceptors (Lipinski definition) is 5. The lowest BCUT2D eigenvalue weighted by atomic mass is 9.98. The SMILES string of the molecule is C[C@@H](CC#N)[C@H](NC(=O)Cc1cccc([N+](=O)[O-])c1)C(N)=O. The lowest BCUT2D eigenvalue weighted by Crippen LogP contribution is -2.48. The fourth-order valence-electron chi connectivity index (χ4n) is 1.95. The fourth-order valence-corrected chi connectivity index (χ4v) is 1.95. The van der Waals surface area contributed by atoms with Crippen molar-refractivity contribution in [2.45, 2.75) is 25.8 Å². The van der Waals surface area contributed by atoms with E-state index >= 15 is 0 Å². The van der Waals surface area contributed by atoms with E-state index in [1.165, 1.54) is 18.2 Å². The standard InChI is InChI=1S/C14H16N4O4/c1-9(5-6-15)13(14(16)20)17-12(19)8-10-3-2-4-11(7-10)18(21)22/h2-4,7,9,13H,5,8H2,1H3,(H2,16,20)(H,17,19)/t9-,13-/m0/s1. The molecule has 0 aliphatic carbocycles. The van der Waals surface area contributed by atoms with E-state index < -0.39 is 28.7 Å². The number of primary amides is 1. The molecule has 0 unspecified atom stereocenters. The number of nitrogens with two attached hydrogens (primary N) is 1. The van der Waals surface area contributed by atoms with E-state index in [0.717, 1.165) is 0 Å². The average molecular weight is 304 g/mol. The molecule has 1 aromatic carbocycles. The van der Waals surface area contributed by atoms with Gasteiger partial charge in [0.2, 0.25) is 11.8 Å². The Labute approximate surface area is 127 Å². The molecule has 0 heterocycles. The van der Waals surface area contributed by atoms with E-state index in [1.54, 1.807) is 13.0 Å². The number of amides is 2. The molecule has 1 aromatic rings. The van der Waals surface area contributed by atoms with Gasteiger partial charge in [-0.05, 0) is 11.5 Å². The van der Waals surface area contributed by atoms with Gasteiger partial charge in [-0.25, -0.2) is 0 Å². The van der Waals surface area contributed by atoms with Gasteiger partial charge >= 0.3 is 0 Å². The highest BCUT2D eigenvalue weighted by Gasteiger charge is 2.24. The van der Waals surface area contributed by atoms with E-state index in [4.69, 9.17) is 11.0 Å². The van der Waals surface area contributed by atoms with Crippen LogP contribution in [-0.2, 0) is 16.0 Å². The van der Waals surface area contributed by atoms with Gasteiger partial charge in [-0.1, -0.05) is 19.1 Å². The fraction of sp³-hybridized carbons (Fsp3) is 0.357. The third-order valence-electron chi connectivity index (χ3n) is 3.09. The van der Waals surface area contributed by atoms with Crippen molar-refractivity contribution in [3.05, 3.63) is 39.9 Å². The van der Waals surface area contributed by atoms with Crippen molar-refractivity contribution in [3.8, 4) is 6.07 Å². The largest absolute Gasteiger partial charge is 0.368 e. The number of rotatable bonds is 7. The summed E-state index contributed by atoms with van der Waals surface area (Å²) in [5.74, 6) is -1.64. The van der Waals surface area contributed by atoms with Gasteiger partial charge < -0.3 is 11.1 Å². The van der Waals surface area contributed by atoms with E-state index in [0.29, 0.717) is 5.56 Å². The first-order valence-corrected chi connectivity index (χ1v) is 6.54. The third-order valence-corrected chi connectivity index (χ3v) is 3.09. The molecule has 0 bridgehead atoms. The molecule has 8 heteroatoms. The van der Waals surface area contributed by atoms with E-state index in [1.807, 2.05) is 6.07 Å². The highest BCUT2D eigenvalue weighted by atomic mass is 16.6. The van der Waals surface area contributed by atoms with Gasteiger partial charge in [0.25, 0.3) is 5.69 Å². The molecule has 2 atom stereocenters. The molecule has 0 aliphatic heterocycles. The summed E-state index contributed by atoms with van der Waals surface area (Å²) in [7, 11) is 0. The maximum Gasteiger partial charge on any atom is 0.269 e. The Kier molecular flexibility index (Phi) is 6.01. The number of nitriles is 1. The van der Waals surface area contributed by atoms with Crippen molar-refractivity contribution < 1.29 is 14.5 Å². The van der Waals surface area contributed by atoms with Crippen molar-refractivity contribution in [2.24, 2.45) is 11.7 Å². The average Bonchev–Trinajstić information content (AvgIpc) is 2.44. The number of hydrogen-bond donors (Lipinski definition) is 2. The molecule has 0 saturated heterocycles. The molecule has 3 N–H and O–H groups in total. The quantitative estimate of drug-likeness (QED) is 0.562. The van der Waals surface area contributed by atoms with E-state index in [2.05, 4.69) is 5.32 Å². The first kappa shape index (κ1) is 17.1. The zero-order valence-electron chi connectivity index (χ0n) is 12.0. The molecule has 22 heavy (non-hydrogen) atoms. The molecule has 8 nitrogen and oxygen atoms in total. The second kappa shape index (κ2) is 7.73. The molecule has 2 amide bonds. The van der Waals surface area contributed by atoms with Gasteiger partial charge in [-0.3, -0.25) is 19.7 Å². The van der Waals surface area contributed by atoms with Crippen LogP contribution < -0.4 is 11.1 Å². The number of carbonyl (C=O) groups excluding carboxylic acids is 2. The number of carbonyl (C=O) groups is 2. The van der Waals surface area contributed by atoms with Crippen molar-refractivity contribution >= 4 is 17.5 Å². The minimum atomic E-state index is -0.953. The van der Waals surface area contributed by atoms with Crippen LogP contribution in [0.15, 0.2) is 24.3 Å². The highest BCUT2D eigenvalue weighted by molar-refractivity contribution is 5.87. The number of non-ortho nitro benzene ring substituents is 1. The second-order valence-electron chi connectivity index (χ2n) is 4.89. The molecular weight excluding hydrogens is 288 g/mol. The van der Waals surface area contributed by atoms with Crippen LogP contribution in [0.25, 0.3) is 0 Å². The predicted molar refractivity (Wildman–Crippen MR) is 77.3 cm³/mol. The van der Waals surface area contributed by atoms with Gasteiger partial charge in [0, 0.05) is 18.6 Å².